The van der Waals surface area contributed by atoms with Crippen LogP contribution in [0.15, 0.2) is 65.7 Å². The van der Waals surface area contributed by atoms with Crippen molar-refractivity contribution in [3.8, 4) is 0 Å². The van der Waals surface area contributed by atoms with E-state index in [4.69, 9.17) is 14.2 Å². The summed E-state index contributed by atoms with van der Waals surface area (Å²) in [4.78, 5) is 37.3. The van der Waals surface area contributed by atoms with Crippen LogP contribution in [0.25, 0.3) is 0 Å². The van der Waals surface area contributed by atoms with Gasteiger partial charge >= 0.3 is 11.9 Å². The smallest absolute Gasteiger partial charge is 0.343 e. The fourth-order valence-electron chi connectivity index (χ4n) is 8.47. The Hall–Kier alpha value is -3.10. The molecule has 4 aliphatic carbocycles. The second-order valence-corrected chi connectivity index (χ2v) is 12.2. The normalized spacial score (nSPS) is 41.4. The van der Waals surface area contributed by atoms with Crippen molar-refractivity contribution in [1.29, 1.82) is 0 Å². The molecule has 0 bridgehead atoms. The molecule has 7 nitrogen and oxygen atoms in total. The number of allylic oxidation sites excluding steroid dienone is 3. The molecule has 1 aromatic rings. The minimum Gasteiger partial charge on any atom is -0.458 e. The molecule has 206 valence electrons. The highest BCUT2D eigenvalue weighted by Crippen LogP contribution is 2.76. The van der Waals surface area contributed by atoms with Gasteiger partial charge in [0.1, 0.15) is 22.8 Å². The first-order valence-electron chi connectivity index (χ1n) is 13.5. The number of Topliss-reactive ketones (excluding diaryl/α,β-unsaturated/α-hetero) is 1. The van der Waals surface area contributed by atoms with Gasteiger partial charge in [-0.2, -0.15) is 0 Å². The molecule has 8 atom stereocenters. The van der Waals surface area contributed by atoms with Crippen LogP contribution in [0, 0.1) is 28.6 Å². The third-order valence-corrected chi connectivity index (χ3v) is 10.4. The van der Waals surface area contributed by atoms with Crippen LogP contribution < -0.4 is 0 Å². The number of hydrogen-bond donors (Lipinski definition) is 1. The van der Waals surface area contributed by atoms with Gasteiger partial charge in [-0.1, -0.05) is 38.1 Å². The number of carbonyl (C=O) groups is 3. The zero-order valence-electron chi connectivity index (χ0n) is 22.5. The quantitative estimate of drug-likeness (QED) is 0.433. The molecule has 0 radical (unpaired) electrons. The number of halogens is 1. The lowest BCUT2D eigenvalue weighted by atomic mass is 9.47. The van der Waals surface area contributed by atoms with Crippen LogP contribution in [0.4, 0.5) is 4.39 Å². The lowest BCUT2D eigenvalue weighted by Crippen LogP contribution is -2.62. The summed E-state index contributed by atoms with van der Waals surface area (Å²) in [5.41, 5.74) is -3.23. The molecular weight excluding hydrogens is 503 g/mol. The molecule has 1 heterocycles. The van der Waals surface area contributed by atoms with Gasteiger partial charge in [-0.15, -0.1) is 0 Å². The Kier molecular flexibility index (Phi) is 5.66. The molecule has 39 heavy (non-hydrogen) atoms. The summed E-state index contributed by atoms with van der Waals surface area (Å²) in [5.74, 6) is -2.51. The topological polar surface area (TPSA) is 102 Å². The molecule has 6 rings (SSSR count). The summed E-state index contributed by atoms with van der Waals surface area (Å²) in [6, 6.07) is 8.62. The summed E-state index contributed by atoms with van der Waals surface area (Å²) in [7, 11) is 0. The first-order chi connectivity index (χ1) is 18.4. The van der Waals surface area contributed by atoms with E-state index in [1.54, 1.807) is 36.4 Å². The minimum atomic E-state index is -1.71. The van der Waals surface area contributed by atoms with Crippen molar-refractivity contribution in [2.75, 3.05) is 6.61 Å². The highest BCUT2D eigenvalue weighted by Gasteiger charge is 2.82. The van der Waals surface area contributed by atoms with Crippen molar-refractivity contribution in [2.24, 2.45) is 28.6 Å². The van der Waals surface area contributed by atoms with Crippen LogP contribution in [0.1, 0.15) is 57.3 Å². The maximum absolute atomic E-state index is 16.0. The predicted octanol–water partition coefficient (Wildman–Crippen LogP) is 4.61. The minimum absolute atomic E-state index is 0.104. The maximum atomic E-state index is 16.0. The van der Waals surface area contributed by atoms with E-state index < -0.39 is 52.3 Å². The third-order valence-electron chi connectivity index (χ3n) is 10.4. The molecule has 2 saturated carbocycles. The van der Waals surface area contributed by atoms with Crippen LogP contribution >= 0.6 is 0 Å². The Morgan fingerprint density at radius 1 is 1.15 bits per heavy atom. The molecule has 5 aliphatic rings. The third kappa shape index (κ3) is 3.37. The van der Waals surface area contributed by atoms with Gasteiger partial charge in [0.2, 0.25) is 5.78 Å². The van der Waals surface area contributed by atoms with Gasteiger partial charge in [0.05, 0.1) is 11.7 Å². The van der Waals surface area contributed by atoms with E-state index >= 15 is 4.39 Å². The van der Waals surface area contributed by atoms with E-state index in [1.165, 1.54) is 6.92 Å². The van der Waals surface area contributed by atoms with Crippen LogP contribution in [0.2, 0.25) is 0 Å². The lowest BCUT2D eigenvalue weighted by Gasteiger charge is -2.54. The summed E-state index contributed by atoms with van der Waals surface area (Å²) in [6.07, 6.45) is 5.95. The number of hydrogen-bond acceptors (Lipinski definition) is 7. The van der Waals surface area contributed by atoms with Crippen LogP contribution in [0.3, 0.4) is 0 Å². The molecule has 1 aliphatic heterocycles. The second-order valence-electron chi connectivity index (χ2n) is 12.2. The van der Waals surface area contributed by atoms with Gasteiger partial charge in [0, 0.05) is 30.1 Å². The SMILES string of the molecule is CC(=O)OCC(=O)[C@@]1(O)[C@H](C)C[C@H]2[C@@H]3CC(F)=C4C=C(OC(=O)c5ccccc5)C=C[C@]4(C)[C@@]34O[C@H]4C[C@@]21C. The van der Waals surface area contributed by atoms with E-state index in [0.29, 0.717) is 24.0 Å². The lowest BCUT2D eigenvalue weighted by molar-refractivity contribution is -0.170. The van der Waals surface area contributed by atoms with E-state index in [-0.39, 0.29) is 35.9 Å². The standard InChI is InChI=1S/C31H33FO7/c1-17-12-21-22-14-24(32)23-13-20(38-27(35)19-8-6-5-7-9-19)10-11-28(23,3)31(22)26(39-31)15-29(21,4)30(17,36)25(34)16-37-18(2)33/h5-11,13,17,21-22,26,36H,12,14-16H2,1-4H3/t17-,21+,22+,26+,28+,29+,30+,31-/m1/s1. The highest BCUT2D eigenvalue weighted by molar-refractivity contribution is 5.91. The van der Waals surface area contributed by atoms with Gasteiger partial charge in [0.25, 0.3) is 0 Å². The van der Waals surface area contributed by atoms with Crippen molar-refractivity contribution < 1.29 is 38.1 Å². The fraction of sp³-hybridized carbons (Fsp3) is 0.516. The molecule has 1 N–H and O–H groups in total. The number of fused-ring (bicyclic) bond motifs is 3. The Balaban J connectivity index is 1.32. The summed E-state index contributed by atoms with van der Waals surface area (Å²) in [5, 5.41) is 11.9. The number of carbonyl (C=O) groups excluding carboxylic acids is 3. The largest absolute Gasteiger partial charge is 0.458 e. The van der Waals surface area contributed by atoms with E-state index in [1.807, 2.05) is 32.9 Å². The van der Waals surface area contributed by atoms with Crippen molar-refractivity contribution in [1.82, 2.24) is 0 Å². The number of benzene rings is 1. The van der Waals surface area contributed by atoms with Gasteiger partial charge in [0.15, 0.2) is 6.61 Å². The van der Waals surface area contributed by atoms with Gasteiger partial charge in [-0.25, -0.2) is 9.18 Å². The predicted molar refractivity (Wildman–Crippen MR) is 138 cm³/mol. The van der Waals surface area contributed by atoms with Gasteiger partial charge in [-0.05, 0) is 61.5 Å². The van der Waals surface area contributed by atoms with Gasteiger partial charge < -0.3 is 19.3 Å². The zero-order valence-corrected chi connectivity index (χ0v) is 22.5. The molecule has 1 spiro atoms. The number of epoxide rings is 1. The number of ether oxygens (including phenoxy) is 3. The molecule has 3 fully saturated rings. The first-order valence-corrected chi connectivity index (χ1v) is 13.5. The molecule has 0 amide bonds. The first kappa shape index (κ1) is 26.1. The number of aliphatic hydroxyl groups is 1. The van der Waals surface area contributed by atoms with Crippen LogP contribution in [-0.2, 0) is 23.8 Å². The van der Waals surface area contributed by atoms with E-state index in [9.17, 15) is 19.5 Å². The highest BCUT2D eigenvalue weighted by atomic mass is 19.1. The summed E-state index contributed by atoms with van der Waals surface area (Å²) in [6.45, 7) is 6.43. The van der Waals surface area contributed by atoms with E-state index in [0.717, 1.165) is 0 Å². The van der Waals surface area contributed by atoms with Crippen molar-refractivity contribution in [2.45, 2.75) is 64.3 Å². The molecule has 1 aromatic carbocycles. The van der Waals surface area contributed by atoms with Gasteiger partial charge in [-0.3, -0.25) is 9.59 Å². The number of esters is 2. The Labute approximate surface area is 226 Å². The van der Waals surface area contributed by atoms with Crippen LogP contribution in [0.5, 0.6) is 0 Å². The summed E-state index contributed by atoms with van der Waals surface area (Å²) >= 11 is 0. The molecular formula is C31H33FO7. The number of rotatable bonds is 5. The zero-order chi connectivity index (χ0) is 28.0. The molecule has 8 heteroatoms. The number of ketones is 1. The van der Waals surface area contributed by atoms with Crippen molar-refractivity contribution >= 4 is 17.7 Å². The Morgan fingerprint density at radius 3 is 2.56 bits per heavy atom. The Morgan fingerprint density at radius 2 is 1.87 bits per heavy atom. The molecule has 1 saturated heterocycles. The second kappa shape index (κ2) is 8.45. The average Bonchev–Trinajstić information content (AvgIpc) is 3.59. The fourth-order valence-corrected chi connectivity index (χ4v) is 8.47. The Bertz CT molecular complexity index is 1360. The monoisotopic (exact) mass is 536 g/mol. The molecule has 0 unspecified atom stereocenters. The van der Waals surface area contributed by atoms with Crippen molar-refractivity contribution in [3.05, 3.63) is 71.3 Å². The van der Waals surface area contributed by atoms with Crippen LogP contribution in [-0.4, -0.2) is 46.7 Å². The van der Waals surface area contributed by atoms with E-state index in [2.05, 4.69) is 0 Å². The summed E-state index contributed by atoms with van der Waals surface area (Å²) < 4.78 is 33.1. The molecule has 0 aromatic heterocycles. The average molecular weight is 537 g/mol. The maximum Gasteiger partial charge on any atom is 0.343 e. The van der Waals surface area contributed by atoms with Crippen molar-refractivity contribution in [3.63, 3.8) is 0 Å².